The van der Waals surface area contributed by atoms with Crippen molar-refractivity contribution in [3.05, 3.63) is 28.8 Å². The van der Waals surface area contributed by atoms with E-state index in [9.17, 15) is 8.42 Å². The van der Waals surface area contributed by atoms with E-state index in [1.807, 2.05) is 17.0 Å². The van der Waals surface area contributed by atoms with E-state index in [0.29, 0.717) is 23.2 Å². The SMILES string of the molecule is CCS(=O)(=O)C1CSCCN1c1ccc(CCl)cc1Cl. The van der Waals surface area contributed by atoms with Crippen LogP contribution in [0.25, 0.3) is 0 Å². The first-order chi connectivity index (χ1) is 9.49. The van der Waals surface area contributed by atoms with Crippen LogP contribution in [0.4, 0.5) is 5.69 Å². The molecule has 3 nitrogen and oxygen atoms in total. The molecule has 1 aromatic carbocycles. The van der Waals surface area contributed by atoms with Gasteiger partial charge in [0, 0.05) is 29.7 Å². The molecule has 1 aliphatic rings. The van der Waals surface area contributed by atoms with E-state index in [0.717, 1.165) is 17.0 Å². The van der Waals surface area contributed by atoms with Gasteiger partial charge < -0.3 is 4.90 Å². The quantitative estimate of drug-likeness (QED) is 0.777. The molecule has 1 fully saturated rings. The number of anilines is 1. The molecule has 1 saturated heterocycles. The van der Waals surface area contributed by atoms with Crippen LogP contribution in [0.1, 0.15) is 12.5 Å². The highest BCUT2D eigenvalue weighted by atomic mass is 35.5. The Balaban J connectivity index is 2.38. The van der Waals surface area contributed by atoms with Crippen LogP contribution in [0.15, 0.2) is 18.2 Å². The molecule has 1 atom stereocenters. The number of thioether (sulfide) groups is 1. The topological polar surface area (TPSA) is 37.4 Å². The maximum absolute atomic E-state index is 12.3. The van der Waals surface area contributed by atoms with Crippen molar-refractivity contribution in [1.29, 1.82) is 0 Å². The van der Waals surface area contributed by atoms with Gasteiger partial charge in [0.05, 0.1) is 10.7 Å². The Morgan fingerprint density at radius 2 is 2.20 bits per heavy atom. The van der Waals surface area contributed by atoms with Crippen LogP contribution in [-0.2, 0) is 15.7 Å². The monoisotopic (exact) mass is 353 g/mol. The minimum Gasteiger partial charge on any atom is -0.352 e. The summed E-state index contributed by atoms with van der Waals surface area (Å²) in [7, 11) is -3.13. The van der Waals surface area contributed by atoms with Crippen LogP contribution < -0.4 is 4.90 Å². The van der Waals surface area contributed by atoms with Gasteiger partial charge in [-0.05, 0) is 17.7 Å². The fourth-order valence-corrected chi connectivity index (χ4v) is 5.67. The van der Waals surface area contributed by atoms with E-state index in [2.05, 4.69) is 0 Å². The van der Waals surface area contributed by atoms with E-state index >= 15 is 0 Å². The van der Waals surface area contributed by atoms with Gasteiger partial charge in [-0.15, -0.1) is 11.6 Å². The van der Waals surface area contributed by atoms with Crippen molar-refractivity contribution in [2.24, 2.45) is 0 Å². The maximum atomic E-state index is 12.3. The largest absolute Gasteiger partial charge is 0.352 e. The van der Waals surface area contributed by atoms with Gasteiger partial charge >= 0.3 is 0 Å². The third-order valence-corrected chi connectivity index (χ3v) is 7.28. The average molecular weight is 354 g/mol. The summed E-state index contributed by atoms with van der Waals surface area (Å²) in [5, 5.41) is 0.0666. The zero-order chi connectivity index (χ0) is 14.8. The molecule has 0 aliphatic carbocycles. The van der Waals surface area contributed by atoms with Crippen LogP contribution in [-0.4, -0.2) is 37.6 Å². The maximum Gasteiger partial charge on any atom is 0.171 e. The fraction of sp³-hybridized carbons (Fsp3) is 0.538. The number of halogens is 2. The lowest BCUT2D eigenvalue weighted by Crippen LogP contribution is -2.48. The third kappa shape index (κ3) is 3.38. The van der Waals surface area contributed by atoms with Gasteiger partial charge in [-0.3, -0.25) is 0 Å². The fourth-order valence-electron chi connectivity index (χ4n) is 2.21. The number of hydrogen-bond donors (Lipinski definition) is 0. The Morgan fingerprint density at radius 1 is 1.45 bits per heavy atom. The standard InChI is InChI=1S/C13H17Cl2NO2S2/c1-2-20(17,18)13-9-19-6-5-16(13)12-4-3-10(8-14)7-11(12)15/h3-4,7,13H,2,5-6,8-9H2,1H3. The van der Waals surface area contributed by atoms with Crippen LogP contribution in [0.2, 0.25) is 5.02 Å². The van der Waals surface area contributed by atoms with Crippen molar-refractivity contribution in [1.82, 2.24) is 0 Å². The first-order valence-corrected chi connectivity index (χ1v) is 10.2. The Morgan fingerprint density at radius 3 is 2.80 bits per heavy atom. The minimum absolute atomic E-state index is 0.145. The second kappa shape index (κ2) is 6.77. The summed E-state index contributed by atoms with van der Waals surface area (Å²) >= 11 is 13.8. The number of rotatable bonds is 4. The summed E-state index contributed by atoms with van der Waals surface area (Å²) in [5.74, 6) is 2.03. The Bertz CT molecular complexity index is 578. The summed E-state index contributed by atoms with van der Waals surface area (Å²) in [4.78, 5) is 1.91. The normalized spacial score (nSPS) is 20.1. The van der Waals surface area contributed by atoms with E-state index in [1.165, 1.54) is 0 Å². The zero-order valence-electron chi connectivity index (χ0n) is 11.2. The van der Waals surface area contributed by atoms with Crippen LogP contribution in [0.5, 0.6) is 0 Å². The molecule has 112 valence electrons. The van der Waals surface area contributed by atoms with Crippen LogP contribution in [0.3, 0.4) is 0 Å². The summed E-state index contributed by atoms with van der Waals surface area (Å²) in [6, 6.07) is 5.57. The summed E-state index contributed by atoms with van der Waals surface area (Å²) in [6.45, 7) is 2.37. The Hall–Kier alpha value is -0.100. The molecule has 1 aliphatic heterocycles. The minimum atomic E-state index is -3.13. The molecule has 0 aromatic heterocycles. The molecule has 0 amide bonds. The highest BCUT2D eigenvalue weighted by Gasteiger charge is 2.33. The van der Waals surface area contributed by atoms with Crippen molar-refractivity contribution in [3.63, 3.8) is 0 Å². The third-order valence-electron chi connectivity index (χ3n) is 3.38. The molecule has 1 heterocycles. The highest BCUT2D eigenvalue weighted by molar-refractivity contribution is 8.01. The van der Waals surface area contributed by atoms with Gasteiger partial charge in [-0.1, -0.05) is 24.6 Å². The number of benzene rings is 1. The first-order valence-electron chi connectivity index (χ1n) is 6.40. The van der Waals surface area contributed by atoms with Crippen molar-refractivity contribution < 1.29 is 8.42 Å². The molecular weight excluding hydrogens is 337 g/mol. The van der Waals surface area contributed by atoms with Gasteiger partial charge in [0.1, 0.15) is 5.37 Å². The molecule has 0 saturated carbocycles. The predicted molar refractivity (Wildman–Crippen MR) is 88.9 cm³/mol. The van der Waals surface area contributed by atoms with E-state index in [4.69, 9.17) is 23.2 Å². The van der Waals surface area contributed by atoms with Gasteiger partial charge in [0.25, 0.3) is 0 Å². The van der Waals surface area contributed by atoms with Crippen LogP contribution >= 0.6 is 35.0 Å². The lowest BCUT2D eigenvalue weighted by atomic mass is 10.2. The predicted octanol–water partition coefficient (Wildman–Crippen LogP) is 3.39. The van der Waals surface area contributed by atoms with Crippen LogP contribution in [0, 0.1) is 0 Å². The molecule has 0 N–H and O–H groups in total. The summed E-state index contributed by atoms with van der Waals surface area (Å²) < 4.78 is 24.5. The van der Waals surface area contributed by atoms with Gasteiger partial charge in [-0.25, -0.2) is 8.42 Å². The second-order valence-corrected chi connectivity index (χ2v) is 8.87. The van der Waals surface area contributed by atoms with Gasteiger partial charge in [0.15, 0.2) is 9.84 Å². The molecule has 1 aromatic rings. The number of hydrogen-bond acceptors (Lipinski definition) is 4. The van der Waals surface area contributed by atoms with E-state index in [-0.39, 0.29) is 5.75 Å². The molecule has 0 spiro atoms. The van der Waals surface area contributed by atoms with Crippen molar-refractivity contribution in [2.75, 3.05) is 28.7 Å². The first kappa shape index (κ1) is 16.3. The molecular formula is C13H17Cl2NO2S2. The van der Waals surface area contributed by atoms with E-state index in [1.54, 1.807) is 24.8 Å². The lowest BCUT2D eigenvalue weighted by molar-refractivity contribution is 0.579. The average Bonchev–Trinajstić information content (AvgIpc) is 2.47. The highest BCUT2D eigenvalue weighted by Crippen LogP contribution is 2.33. The molecule has 1 unspecified atom stereocenters. The zero-order valence-corrected chi connectivity index (χ0v) is 14.3. The molecule has 20 heavy (non-hydrogen) atoms. The summed E-state index contributed by atoms with van der Waals surface area (Å²) in [6.07, 6.45) is 0. The summed E-state index contributed by atoms with van der Waals surface area (Å²) in [5.41, 5.74) is 1.71. The number of alkyl halides is 1. The molecule has 7 heteroatoms. The number of sulfone groups is 1. The smallest absolute Gasteiger partial charge is 0.171 e. The number of nitrogens with zero attached hydrogens (tertiary/aromatic N) is 1. The van der Waals surface area contributed by atoms with Gasteiger partial charge in [0.2, 0.25) is 0 Å². The van der Waals surface area contributed by atoms with Crippen molar-refractivity contribution >= 4 is 50.5 Å². The second-order valence-electron chi connectivity index (χ2n) is 4.59. The van der Waals surface area contributed by atoms with E-state index < -0.39 is 15.2 Å². The molecule has 0 bridgehead atoms. The Kier molecular flexibility index (Phi) is 5.51. The van der Waals surface area contributed by atoms with Gasteiger partial charge in [-0.2, -0.15) is 11.8 Å². The lowest BCUT2D eigenvalue weighted by Gasteiger charge is -2.37. The van der Waals surface area contributed by atoms with Crippen molar-refractivity contribution in [2.45, 2.75) is 18.2 Å². The van der Waals surface area contributed by atoms with Crippen molar-refractivity contribution in [3.8, 4) is 0 Å². The molecule has 2 rings (SSSR count). The molecule has 0 radical (unpaired) electrons. The Labute approximate surface area is 134 Å².